The number of hydrogen-bond acceptors (Lipinski definition) is 5. The second-order valence-corrected chi connectivity index (χ2v) is 9.22. The van der Waals surface area contributed by atoms with E-state index in [9.17, 15) is 22.4 Å². The minimum atomic E-state index is -2.57. The molecule has 0 aliphatic carbocycles. The third kappa shape index (κ3) is 5.59. The van der Waals surface area contributed by atoms with Gasteiger partial charge >= 0.3 is 6.03 Å². The lowest BCUT2D eigenvalue weighted by molar-refractivity contribution is 0.140. The zero-order chi connectivity index (χ0) is 25.3. The molecule has 1 atom stereocenters. The van der Waals surface area contributed by atoms with Gasteiger partial charge in [-0.3, -0.25) is 4.98 Å². The predicted molar refractivity (Wildman–Crippen MR) is 122 cm³/mol. The molecule has 0 N–H and O–H groups in total. The number of benzene rings is 1. The van der Waals surface area contributed by atoms with E-state index in [1.807, 2.05) is 11.8 Å². The standard InChI is InChI=1S/C24H29F4N5O2/c1-14-10-18-20(13-33(14)24(34)31(2)3)30-23(19(29-18)12-22(27)28)32-8-6-16(7-9-32)35-21-5-4-15(25)11-17(21)26/h4-5,11,14,16,22H,6-10,12-13H2,1-3H3. The summed E-state index contributed by atoms with van der Waals surface area (Å²) >= 11 is 0. The van der Waals surface area contributed by atoms with E-state index in [4.69, 9.17) is 9.72 Å². The minimum Gasteiger partial charge on any atom is -0.487 e. The van der Waals surface area contributed by atoms with Crippen molar-refractivity contribution >= 4 is 11.8 Å². The molecule has 4 rings (SSSR count). The minimum absolute atomic E-state index is 0.0171. The van der Waals surface area contributed by atoms with Gasteiger partial charge in [0, 0.05) is 58.6 Å². The Labute approximate surface area is 201 Å². The van der Waals surface area contributed by atoms with Crippen LogP contribution in [0.15, 0.2) is 18.2 Å². The number of anilines is 1. The molecule has 1 fully saturated rings. The molecule has 35 heavy (non-hydrogen) atoms. The van der Waals surface area contributed by atoms with Crippen LogP contribution in [0.25, 0.3) is 0 Å². The molecular weight excluding hydrogens is 466 g/mol. The van der Waals surface area contributed by atoms with Gasteiger partial charge in [0.1, 0.15) is 11.9 Å². The molecule has 11 heteroatoms. The second kappa shape index (κ2) is 10.2. The van der Waals surface area contributed by atoms with E-state index in [-0.39, 0.29) is 36.2 Å². The van der Waals surface area contributed by atoms with Crippen LogP contribution in [0, 0.1) is 11.6 Å². The zero-order valence-corrected chi connectivity index (χ0v) is 20.0. The SMILES string of the molecule is CC1Cc2nc(CC(F)F)c(N3CCC(Oc4ccc(F)cc4F)CC3)nc2CN1C(=O)N(C)C. The molecule has 0 radical (unpaired) electrons. The second-order valence-electron chi connectivity index (χ2n) is 9.22. The van der Waals surface area contributed by atoms with Crippen molar-refractivity contribution in [1.29, 1.82) is 0 Å². The Hall–Kier alpha value is -3.11. The molecule has 0 spiro atoms. The van der Waals surface area contributed by atoms with Crippen molar-refractivity contribution in [2.24, 2.45) is 0 Å². The van der Waals surface area contributed by atoms with Crippen LogP contribution in [0.2, 0.25) is 0 Å². The quantitative estimate of drug-likeness (QED) is 0.586. The highest BCUT2D eigenvalue weighted by atomic mass is 19.3. The van der Waals surface area contributed by atoms with Crippen LogP contribution < -0.4 is 9.64 Å². The Kier molecular flexibility index (Phi) is 7.32. The molecule has 2 aromatic rings. The lowest BCUT2D eigenvalue weighted by atomic mass is 10.0. The summed E-state index contributed by atoms with van der Waals surface area (Å²) in [5.41, 5.74) is 1.49. The Morgan fingerprint density at radius 1 is 1.17 bits per heavy atom. The van der Waals surface area contributed by atoms with Crippen molar-refractivity contribution in [1.82, 2.24) is 19.8 Å². The fourth-order valence-electron chi connectivity index (χ4n) is 4.52. The summed E-state index contributed by atoms with van der Waals surface area (Å²) in [5, 5.41) is 0. The van der Waals surface area contributed by atoms with E-state index in [1.54, 1.807) is 19.0 Å². The Bertz CT molecular complexity index is 1080. The summed E-state index contributed by atoms with van der Waals surface area (Å²) in [4.78, 5) is 27.0. The van der Waals surface area contributed by atoms with Crippen molar-refractivity contribution in [3.8, 4) is 5.75 Å². The van der Waals surface area contributed by atoms with Crippen molar-refractivity contribution in [2.75, 3.05) is 32.1 Å². The molecular formula is C24H29F4N5O2. The summed E-state index contributed by atoms with van der Waals surface area (Å²) in [7, 11) is 3.36. The van der Waals surface area contributed by atoms with Gasteiger partial charge in [-0.05, 0) is 19.1 Å². The number of fused-ring (bicyclic) bond motifs is 1. The first-order valence-electron chi connectivity index (χ1n) is 11.6. The summed E-state index contributed by atoms with van der Waals surface area (Å²) in [6.07, 6.45) is -1.93. The van der Waals surface area contributed by atoms with Gasteiger partial charge in [-0.15, -0.1) is 0 Å². The number of urea groups is 1. The van der Waals surface area contributed by atoms with Crippen LogP contribution in [0.4, 0.5) is 28.2 Å². The van der Waals surface area contributed by atoms with Crippen LogP contribution in [0.3, 0.4) is 0 Å². The van der Waals surface area contributed by atoms with Crippen LogP contribution in [0.1, 0.15) is 36.8 Å². The molecule has 2 aliphatic heterocycles. The maximum absolute atomic E-state index is 14.0. The van der Waals surface area contributed by atoms with Crippen molar-refractivity contribution in [3.63, 3.8) is 0 Å². The predicted octanol–water partition coefficient (Wildman–Crippen LogP) is 4.04. The van der Waals surface area contributed by atoms with Gasteiger partial charge in [-0.2, -0.15) is 0 Å². The van der Waals surface area contributed by atoms with Gasteiger partial charge in [0.05, 0.1) is 30.0 Å². The Morgan fingerprint density at radius 2 is 1.89 bits per heavy atom. The number of hydrogen-bond donors (Lipinski definition) is 0. The number of nitrogens with zero attached hydrogens (tertiary/aromatic N) is 5. The summed E-state index contributed by atoms with van der Waals surface area (Å²) < 4.78 is 59.6. The zero-order valence-electron chi connectivity index (χ0n) is 20.0. The van der Waals surface area contributed by atoms with Gasteiger partial charge in [-0.1, -0.05) is 0 Å². The van der Waals surface area contributed by atoms with Crippen molar-refractivity contribution in [3.05, 3.63) is 46.9 Å². The van der Waals surface area contributed by atoms with Gasteiger partial charge in [-0.25, -0.2) is 27.3 Å². The molecule has 1 saturated heterocycles. The molecule has 190 valence electrons. The summed E-state index contributed by atoms with van der Waals surface area (Å²) in [6, 6.07) is 2.90. The molecule has 2 amide bonds. The van der Waals surface area contributed by atoms with Gasteiger partial charge in [0.15, 0.2) is 17.4 Å². The van der Waals surface area contributed by atoms with Crippen LogP contribution in [-0.4, -0.2) is 71.6 Å². The van der Waals surface area contributed by atoms with E-state index in [0.29, 0.717) is 49.6 Å². The lowest BCUT2D eigenvalue weighted by Gasteiger charge is -2.37. The van der Waals surface area contributed by atoms with E-state index in [0.717, 1.165) is 12.1 Å². The third-order valence-corrected chi connectivity index (χ3v) is 6.35. The number of alkyl halides is 2. The highest BCUT2D eigenvalue weighted by Crippen LogP contribution is 2.30. The molecule has 1 unspecified atom stereocenters. The third-order valence-electron chi connectivity index (χ3n) is 6.35. The highest BCUT2D eigenvalue weighted by Gasteiger charge is 2.32. The van der Waals surface area contributed by atoms with E-state index in [1.165, 1.54) is 11.0 Å². The molecule has 1 aromatic heterocycles. The van der Waals surface area contributed by atoms with Crippen molar-refractivity contribution < 1.29 is 27.1 Å². The first-order chi connectivity index (χ1) is 16.6. The largest absolute Gasteiger partial charge is 0.487 e. The number of piperidine rings is 1. The summed E-state index contributed by atoms with van der Waals surface area (Å²) in [5.74, 6) is -1.07. The summed E-state index contributed by atoms with van der Waals surface area (Å²) in [6.45, 7) is 3.06. The lowest BCUT2D eigenvalue weighted by Crippen LogP contribution is -2.48. The average molecular weight is 496 g/mol. The first-order valence-corrected chi connectivity index (χ1v) is 11.6. The van der Waals surface area contributed by atoms with E-state index >= 15 is 0 Å². The molecule has 7 nitrogen and oxygen atoms in total. The molecule has 1 aromatic carbocycles. The van der Waals surface area contributed by atoms with Crippen LogP contribution in [0.5, 0.6) is 5.75 Å². The number of carbonyl (C=O) groups is 1. The maximum atomic E-state index is 14.0. The average Bonchev–Trinajstić information content (AvgIpc) is 2.80. The van der Waals surface area contributed by atoms with Gasteiger partial charge in [0.25, 0.3) is 0 Å². The number of carbonyl (C=O) groups excluding carboxylic acids is 1. The smallest absolute Gasteiger partial charge is 0.320 e. The fraction of sp³-hybridized carbons (Fsp3) is 0.542. The molecule has 0 saturated carbocycles. The Morgan fingerprint density at radius 3 is 2.51 bits per heavy atom. The monoisotopic (exact) mass is 495 g/mol. The fourth-order valence-corrected chi connectivity index (χ4v) is 4.52. The number of aromatic nitrogens is 2. The number of ether oxygens (including phenoxy) is 1. The normalized spacial score (nSPS) is 18.6. The number of amides is 2. The van der Waals surface area contributed by atoms with Gasteiger partial charge in [0.2, 0.25) is 6.43 Å². The maximum Gasteiger partial charge on any atom is 0.320 e. The molecule has 2 aliphatic rings. The highest BCUT2D eigenvalue weighted by molar-refractivity contribution is 5.74. The Balaban J connectivity index is 1.53. The van der Waals surface area contributed by atoms with Crippen LogP contribution >= 0.6 is 0 Å². The van der Waals surface area contributed by atoms with E-state index < -0.39 is 24.5 Å². The van der Waals surface area contributed by atoms with Crippen molar-refractivity contribution in [2.45, 2.75) is 57.7 Å². The number of rotatable bonds is 5. The van der Waals surface area contributed by atoms with Gasteiger partial charge < -0.3 is 19.4 Å². The van der Waals surface area contributed by atoms with E-state index in [2.05, 4.69) is 4.98 Å². The first kappa shape index (κ1) is 25.0. The molecule has 3 heterocycles. The van der Waals surface area contributed by atoms with Crippen LogP contribution in [-0.2, 0) is 19.4 Å². The topological polar surface area (TPSA) is 61.8 Å². The molecule has 0 bridgehead atoms. The number of halogens is 4.